The highest BCUT2D eigenvalue weighted by atomic mass is 32.2. The molecule has 5 nitrogen and oxygen atoms in total. The van der Waals surface area contributed by atoms with Crippen molar-refractivity contribution in [3.05, 3.63) is 54.1 Å². The number of hydrogen-bond donors (Lipinski definition) is 1. The molecule has 2 aromatic carbocycles. The van der Waals surface area contributed by atoms with E-state index in [1.165, 1.54) is 24.3 Å². The van der Waals surface area contributed by atoms with Crippen LogP contribution in [0.4, 0.5) is 5.69 Å². The van der Waals surface area contributed by atoms with Crippen molar-refractivity contribution < 1.29 is 13.2 Å². The van der Waals surface area contributed by atoms with Gasteiger partial charge in [0.05, 0.1) is 28.8 Å². The lowest BCUT2D eigenvalue weighted by molar-refractivity contribution is 0.342. The van der Waals surface area contributed by atoms with Gasteiger partial charge < -0.3 is 4.74 Å². The molecule has 0 amide bonds. The summed E-state index contributed by atoms with van der Waals surface area (Å²) >= 11 is 0. The van der Waals surface area contributed by atoms with Gasteiger partial charge in [-0.15, -0.1) is 0 Å². The first-order valence-electron chi connectivity index (χ1n) is 6.31. The van der Waals surface area contributed by atoms with Crippen LogP contribution in [0.15, 0.2) is 53.4 Å². The maximum atomic E-state index is 12.3. The fraction of sp³-hybridized carbons (Fsp3) is 0.133. The van der Waals surface area contributed by atoms with Crippen LogP contribution in [0.3, 0.4) is 0 Å². The molecule has 0 aliphatic heterocycles. The van der Waals surface area contributed by atoms with Crippen molar-refractivity contribution in [2.45, 2.75) is 11.8 Å². The fourth-order valence-electron chi connectivity index (χ4n) is 1.74. The minimum atomic E-state index is -3.72. The average molecular weight is 302 g/mol. The molecule has 0 saturated heterocycles. The van der Waals surface area contributed by atoms with Crippen LogP contribution in [-0.4, -0.2) is 15.0 Å². The van der Waals surface area contributed by atoms with Crippen LogP contribution in [0.5, 0.6) is 5.75 Å². The fourth-order valence-corrected chi connectivity index (χ4v) is 2.82. The van der Waals surface area contributed by atoms with Crippen LogP contribution >= 0.6 is 0 Å². The smallest absolute Gasteiger partial charge is 0.262 e. The van der Waals surface area contributed by atoms with Crippen molar-refractivity contribution in [2.75, 3.05) is 11.3 Å². The van der Waals surface area contributed by atoms with E-state index >= 15 is 0 Å². The third-order valence-corrected chi connectivity index (χ3v) is 4.11. The molecule has 0 bridgehead atoms. The number of nitriles is 1. The summed E-state index contributed by atoms with van der Waals surface area (Å²) in [5.41, 5.74) is 0.785. The molecular weight excluding hydrogens is 288 g/mol. The summed E-state index contributed by atoms with van der Waals surface area (Å²) < 4.78 is 32.5. The highest BCUT2D eigenvalue weighted by Crippen LogP contribution is 2.26. The largest absolute Gasteiger partial charge is 0.492 e. The highest BCUT2D eigenvalue weighted by molar-refractivity contribution is 7.92. The maximum absolute atomic E-state index is 12.3. The van der Waals surface area contributed by atoms with E-state index in [0.717, 1.165) is 0 Å². The topological polar surface area (TPSA) is 79.2 Å². The predicted octanol–water partition coefficient (Wildman–Crippen LogP) is 2.76. The van der Waals surface area contributed by atoms with Crippen LogP contribution in [0, 0.1) is 11.3 Å². The molecule has 0 aromatic heterocycles. The van der Waals surface area contributed by atoms with Gasteiger partial charge in [0.25, 0.3) is 10.0 Å². The number of sulfonamides is 1. The molecule has 0 aliphatic carbocycles. The minimum Gasteiger partial charge on any atom is -0.492 e. The molecule has 2 aromatic rings. The van der Waals surface area contributed by atoms with Gasteiger partial charge in [-0.1, -0.05) is 12.1 Å². The number of rotatable bonds is 5. The molecule has 6 heteroatoms. The summed E-state index contributed by atoms with van der Waals surface area (Å²) in [4.78, 5) is 0.0906. The number of anilines is 1. The SMILES string of the molecule is CCOc1ccccc1NS(=O)(=O)c1ccc(C#N)cc1. The maximum Gasteiger partial charge on any atom is 0.262 e. The molecular formula is C15H14N2O3S. The number of nitrogens with one attached hydrogen (secondary N) is 1. The number of hydrogen-bond acceptors (Lipinski definition) is 4. The Bertz CT molecular complexity index is 762. The van der Waals surface area contributed by atoms with Gasteiger partial charge in [0.15, 0.2) is 0 Å². The van der Waals surface area contributed by atoms with Crippen molar-refractivity contribution in [1.82, 2.24) is 0 Å². The van der Waals surface area contributed by atoms with E-state index in [4.69, 9.17) is 10.00 Å². The molecule has 0 radical (unpaired) electrons. The van der Waals surface area contributed by atoms with Crippen molar-refractivity contribution in [3.63, 3.8) is 0 Å². The Morgan fingerprint density at radius 3 is 2.43 bits per heavy atom. The molecule has 108 valence electrons. The van der Waals surface area contributed by atoms with Crippen LogP contribution in [0.2, 0.25) is 0 Å². The van der Waals surface area contributed by atoms with Gasteiger partial charge in [0.2, 0.25) is 0 Å². The molecule has 2 rings (SSSR count). The molecule has 0 unspecified atom stereocenters. The van der Waals surface area contributed by atoms with Gasteiger partial charge in [0, 0.05) is 0 Å². The van der Waals surface area contributed by atoms with Crippen molar-refractivity contribution in [3.8, 4) is 11.8 Å². The summed E-state index contributed by atoms with van der Waals surface area (Å²) in [7, 11) is -3.72. The molecule has 0 atom stereocenters. The van der Waals surface area contributed by atoms with Gasteiger partial charge in [-0.2, -0.15) is 5.26 Å². The summed E-state index contributed by atoms with van der Waals surface area (Å²) in [6.45, 7) is 2.27. The monoisotopic (exact) mass is 302 g/mol. The Kier molecular flexibility index (Phi) is 4.45. The normalized spacial score (nSPS) is 10.7. The summed E-state index contributed by atoms with van der Waals surface area (Å²) in [5, 5.41) is 8.73. The molecule has 0 saturated carbocycles. The summed E-state index contributed by atoms with van der Waals surface area (Å²) in [5.74, 6) is 0.470. The lowest BCUT2D eigenvalue weighted by atomic mass is 10.2. The number of ether oxygens (including phenoxy) is 1. The van der Waals surface area contributed by atoms with Gasteiger partial charge in [-0.25, -0.2) is 8.42 Å². The van der Waals surface area contributed by atoms with Crippen LogP contribution < -0.4 is 9.46 Å². The van der Waals surface area contributed by atoms with E-state index in [-0.39, 0.29) is 4.90 Å². The standard InChI is InChI=1S/C15H14N2O3S/c1-2-20-15-6-4-3-5-14(15)17-21(18,19)13-9-7-12(11-16)8-10-13/h3-10,17H,2H2,1H3. The first kappa shape index (κ1) is 14.9. The van der Waals surface area contributed by atoms with Crippen LogP contribution in [0.1, 0.15) is 12.5 Å². The van der Waals surface area contributed by atoms with E-state index in [0.29, 0.717) is 23.6 Å². The Balaban J connectivity index is 2.31. The lowest BCUT2D eigenvalue weighted by Crippen LogP contribution is -2.13. The number of para-hydroxylation sites is 2. The molecule has 0 fully saturated rings. The molecule has 1 N–H and O–H groups in total. The van der Waals surface area contributed by atoms with Crippen LogP contribution in [0.25, 0.3) is 0 Å². The molecule has 0 spiro atoms. The van der Waals surface area contributed by atoms with E-state index in [9.17, 15) is 8.42 Å². The molecule has 0 aliphatic rings. The van der Waals surface area contributed by atoms with Crippen LogP contribution in [-0.2, 0) is 10.0 Å². The van der Waals surface area contributed by atoms with Gasteiger partial charge >= 0.3 is 0 Å². The summed E-state index contributed by atoms with van der Waals surface area (Å²) in [6.07, 6.45) is 0. The number of benzene rings is 2. The third-order valence-electron chi connectivity index (χ3n) is 2.72. The van der Waals surface area contributed by atoms with E-state index in [1.54, 1.807) is 24.3 Å². The van der Waals surface area contributed by atoms with Crippen molar-refractivity contribution in [1.29, 1.82) is 5.26 Å². The minimum absolute atomic E-state index is 0.0906. The Hall–Kier alpha value is -2.52. The Labute approximate surface area is 123 Å². The van der Waals surface area contributed by atoms with Crippen molar-refractivity contribution in [2.24, 2.45) is 0 Å². The Morgan fingerprint density at radius 1 is 1.14 bits per heavy atom. The Morgan fingerprint density at radius 2 is 1.81 bits per heavy atom. The zero-order chi connectivity index (χ0) is 15.3. The van der Waals surface area contributed by atoms with Gasteiger partial charge in [-0.3, -0.25) is 4.72 Å². The first-order valence-corrected chi connectivity index (χ1v) is 7.80. The lowest BCUT2D eigenvalue weighted by Gasteiger charge is -2.12. The average Bonchev–Trinajstić information content (AvgIpc) is 2.49. The third kappa shape index (κ3) is 3.52. The van der Waals surface area contributed by atoms with Crippen molar-refractivity contribution >= 4 is 15.7 Å². The second kappa shape index (κ2) is 6.29. The van der Waals surface area contributed by atoms with E-state index < -0.39 is 10.0 Å². The zero-order valence-corrected chi connectivity index (χ0v) is 12.2. The quantitative estimate of drug-likeness (QED) is 0.921. The van der Waals surface area contributed by atoms with Gasteiger partial charge in [-0.05, 0) is 43.3 Å². The van der Waals surface area contributed by atoms with E-state index in [1.807, 2.05) is 13.0 Å². The zero-order valence-electron chi connectivity index (χ0n) is 11.4. The molecule has 0 heterocycles. The second-order valence-electron chi connectivity index (χ2n) is 4.17. The second-order valence-corrected chi connectivity index (χ2v) is 5.85. The first-order chi connectivity index (χ1) is 10.1. The molecule has 21 heavy (non-hydrogen) atoms. The van der Waals surface area contributed by atoms with Gasteiger partial charge in [0.1, 0.15) is 5.75 Å². The number of nitrogens with zero attached hydrogens (tertiary/aromatic N) is 1. The highest BCUT2D eigenvalue weighted by Gasteiger charge is 2.16. The predicted molar refractivity (Wildman–Crippen MR) is 79.6 cm³/mol. The van der Waals surface area contributed by atoms with E-state index in [2.05, 4.69) is 4.72 Å². The summed E-state index contributed by atoms with van der Waals surface area (Å²) in [6, 6.07) is 14.5.